The van der Waals surface area contributed by atoms with E-state index in [1.165, 1.54) is 5.56 Å². The number of pyridine rings is 1. The molecular formula is C12H14ClN3. The van der Waals surface area contributed by atoms with Gasteiger partial charge >= 0.3 is 0 Å². The van der Waals surface area contributed by atoms with Crippen molar-refractivity contribution in [2.75, 3.05) is 5.32 Å². The minimum Gasteiger partial charge on any atom is -0.378 e. The molecule has 0 aliphatic rings. The molecule has 0 atom stereocenters. The number of nitrogens with zero attached hydrogens (tertiary/aromatic N) is 2. The number of aryl methyl sites for hydroxylation is 1. The number of aromatic nitrogens is 2. The van der Waals surface area contributed by atoms with Crippen LogP contribution in [-0.4, -0.2) is 9.55 Å². The Kier molecular flexibility index (Phi) is 3.47. The SMILES string of the molecule is CCn1ccc(CNc2cccnc2Cl)c1. The largest absolute Gasteiger partial charge is 0.378 e. The molecule has 0 aliphatic heterocycles. The first kappa shape index (κ1) is 11.0. The maximum absolute atomic E-state index is 5.94. The quantitative estimate of drug-likeness (QED) is 0.825. The van der Waals surface area contributed by atoms with Crippen LogP contribution in [0.15, 0.2) is 36.8 Å². The zero-order valence-corrected chi connectivity index (χ0v) is 9.91. The van der Waals surface area contributed by atoms with Crippen LogP contribution in [0.3, 0.4) is 0 Å². The highest BCUT2D eigenvalue weighted by Crippen LogP contribution is 2.18. The van der Waals surface area contributed by atoms with E-state index in [1.807, 2.05) is 12.1 Å². The lowest BCUT2D eigenvalue weighted by molar-refractivity contribution is 0.766. The Morgan fingerprint density at radius 3 is 3.00 bits per heavy atom. The van der Waals surface area contributed by atoms with Gasteiger partial charge in [-0.25, -0.2) is 4.98 Å². The van der Waals surface area contributed by atoms with Crippen molar-refractivity contribution in [2.45, 2.75) is 20.0 Å². The van der Waals surface area contributed by atoms with Crippen molar-refractivity contribution in [3.8, 4) is 0 Å². The molecule has 16 heavy (non-hydrogen) atoms. The van der Waals surface area contributed by atoms with E-state index in [0.717, 1.165) is 18.8 Å². The molecule has 84 valence electrons. The summed E-state index contributed by atoms with van der Waals surface area (Å²) in [7, 11) is 0. The second-order valence-corrected chi connectivity index (χ2v) is 3.90. The Bertz CT molecular complexity index is 465. The van der Waals surface area contributed by atoms with Gasteiger partial charge in [0.25, 0.3) is 0 Å². The van der Waals surface area contributed by atoms with Crippen LogP contribution in [0.1, 0.15) is 12.5 Å². The van der Waals surface area contributed by atoms with E-state index in [2.05, 4.69) is 40.3 Å². The number of hydrogen-bond acceptors (Lipinski definition) is 2. The smallest absolute Gasteiger partial charge is 0.152 e. The van der Waals surface area contributed by atoms with E-state index in [4.69, 9.17) is 11.6 Å². The normalized spacial score (nSPS) is 10.4. The molecule has 0 radical (unpaired) electrons. The zero-order valence-electron chi connectivity index (χ0n) is 9.15. The van der Waals surface area contributed by atoms with Gasteiger partial charge in [-0.15, -0.1) is 0 Å². The van der Waals surface area contributed by atoms with E-state index in [-0.39, 0.29) is 0 Å². The lowest BCUT2D eigenvalue weighted by Crippen LogP contribution is -1.99. The maximum Gasteiger partial charge on any atom is 0.152 e. The third-order valence-electron chi connectivity index (χ3n) is 2.42. The van der Waals surface area contributed by atoms with Gasteiger partial charge in [0.15, 0.2) is 5.15 Å². The fraction of sp³-hybridized carbons (Fsp3) is 0.250. The van der Waals surface area contributed by atoms with Gasteiger partial charge < -0.3 is 9.88 Å². The first-order chi connectivity index (χ1) is 7.79. The Morgan fingerprint density at radius 1 is 1.44 bits per heavy atom. The van der Waals surface area contributed by atoms with Crippen molar-refractivity contribution < 1.29 is 0 Å². The molecule has 2 heterocycles. The molecule has 3 nitrogen and oxygen atoms in total. The standard InChI is InChI=1S/C12H14ClN3/c1-2-16-7-5-10(9-16)8-15-11-4-3-6-14-12(11)13/h3-7,9,15H,2,8H2,1H3. The van der Waals surface area contributed by atoms with Gasteiger partial charge in [0.05, 0.1) is 5.69 Å². The summed E-state index contributed by atoms with van der Waals surface area (Å²) in [5.74, 6) is 0. The summed E-state index contributed by atoms with van der Waals surface area (Å²) in [6, 6.07) is 5.89. The van der Waals surface area contributed by atoms with Gasteiger partial charge in [-0.1, -0.05) is 11.6 Å². The molecule has 0 amide bonds. The fourth-order valence-electron chi connectivity index (χ4n) is 1.51. The average Bonchev–Trinajstić information content (AvgIpc) is 2.76. The summed E-state index contributed by atoms with van der Waals surface area (Å²) in [4.78, 5) is 4.01. The molecule has 0 aliphatic carbocycles. The van der Waals surface area contributed by atoms with Crippen LogP contribution in [0, 0.1) is 0 Å². The third-order valence-corrected chi connectivity index (χ3v) is 2.72. The van der Waals surface area contributed by atoms with E-state index in [9.17, 15) is 0 Å². The van der Waals surface area contributed by atoms with Crippen LogP contribution >= 0.6 is 11.6 Å². The van der Waals surface area contributed by atoms with Crippen LogP contribution in [0.4, 0.5) is 5.69 Å². The summed E-state index contributed by atoms with van der Waals surface area (Å²) in [6.45, 7) is 3.88. The van der Waals surface area contributed by atoms with Crippen molar-refractivity contribution in [1.82, 2.24) is 9.55 Å². The van der Waals surface area contributed by atoms with Gasteiger partial charge in [0.1, 0.15) is 0 Å². The van der Waals surface area contributed by atoms with Gasteiger partial charge in [0, 0.05) is 31.7 Å². The highest BCUT2D eigenvalue weighted by molar-refractivity contribution is 6.31. The molecule has 0 unspecified atom stereocenters. The Morgan fingerprint density at radius 2 is 2.31 bits per heavy atom. The highest BCUT2D eigenvalue weighted by atomic mass is 35.5. The molecule has 0 saturated carbocycles. The van der Waals surface area contributed by atoms with Gasteiger partial charge in [0.2, 0.25) is 0 Å². The Balaban J connectivity index is 1.99. The lowest BCUT2D eigenvalue weighted by atomic mass is 10.3. The van der Waals surface area contributed by atoms with Crippen LogP contribution in [0.5, 0.6) is 0 Å². The Labute approximate surface area is 100 Å². The summed E-state index contributed by atoms with van der Waals surface area (Å²) < 4.78 is 2.14. The predicted octanol–water partition coefficient (Wildman–Crippen LogP) is 3.17. The lowest BCUT2D eigenvalue weighted by Gasteiger charge is -2.05. The molecule has 0 saturated heterocycles. The minimum absolute atomic E-state index is 0.512. The first-order valence-corrected chi connectivity index (χ1v) is 5.66. The molecule has 0 spiro atoms. The van der Waals surface area contributed by atoms with Crippen LogP contribution in [-0.2, 0) is 13.1 Å². The number of rotatable bonds is 4. The number of hydrogen-bond donors (Lipinski definition) is 1. The average molecular weight is 236 g/mol. The second kappa shape index (κ2) is 5.03. The molecule has 1 N–H and O–H groups in total. The van der Waals surface area contributed by atoms with Crippen molar-refractivity contribution in [1.29, 1.82) is 0 Å². The summed E-state index contributed by atoms with van der Waals surface area (Å²) in [5, 5.41) is 3.77. The summed E-state index contributed by atoms with van der Waals surface area (Å²) in [6.07, 6.45) is 5.88. The molecular weight excluding hydrogens is 222 g/mol. The third kappa shape index (κ3) is 2.55. The van der Waals surface area contributed by atoms with Gasteiger partial charge in [-0.3, -0.25) is 0 Å². The van der Waals surface area contributed by atoms with Crippen molar-refractivity contribution in [2.24, 2.45) is 0 Å². The van der Waals surface area contributed by atoms with E-state index < -0.39 is 0 Å². The predicted molar refractivity (Wildman–Crippen MR) is 66.7 cm³/mol. The highest BCUT2D eigenvalue weighted by Gasteiger charge is 2.00. The zero-order chi connectivity index (χ0) is 11.4. The molecule has 0 fully saturated rings. The summed E-state index contributed by atoms with van der Waals surface area (Å²) in [5.41, 5.74) is 2.11. The topological polar surface area (TPSA) is 29.9 Å². The maximum atomic E-state index is 5.94. The molecule has 2 aromatic rings. The Hall–Kier alpha value is -1.48. The number of nitrogens with one attached hydrogen (secondary N) is 1. The van der Waals surface area contributed by atoms with Crippen molar-refractivity contribution in [3.63, 3.8) is 0 Å². The van der Waals surface area contributed by atoms with Crippen LogP contribution < -0.4 is 5.32 Å². The van der Waals surface area contributed by atoms with E-state index in [0.29, 0.717) is 5.15 Å². The van der Waals surface area contributed by atoms with Crippen molar-refractivity contribution >= 4 is 17.3 Å². The molecule has 4 heteroatoms. The molecule has 0 aromatic carbocycles. The summed E-state index contributed by atoms with van der Waals surface area (Å²) >= 11 is 5.94. The van der Waals surface area contributed by atoms with Crippen LogP contribution in [0.25, 0.3) is 0 Å². The molecule has 2 rings (SSSR count). The van der Waals surface area contributed by atoms with E-state index in [1.54, 1.807) is 6.20 Å². The number of anilines is 1. The van der Waals surface area contributed by atoms with Gasteiger partial charge in [-0.05, 0) is 30.7 Å². The molecule has 2 aromatic heterocycles. The molecule has 0 bridgehead atoms. The van der Waals surface area contributed by atoms with Gasteiger partial charge in [-0.2, -0.15) is 0 Å². The minimum atomic E-state index is 0.512. The monoisotopic (exact) mass is 235 g/mol. The van der Waals surface area contributed by atoms with Crippen LogP contribution in [0.2, 0.25) is 5.15 Å². The van der Waals surface area contributed by atoms with E-state index >= 15 is 0 Å². The fourth-order valence-corrected chi connectivity index (χ4v) is 1.69. The second-order valence-electron chi connectivity index (χ2n) is 3.55. The number of halogens is 1. The first-order valence-electron chi connectivity index (χ1n) is 5.28. The van der Waals surface area contributed by atoms with Crippen molar-refractivity contribution in [3.05, 3.63) is 47.5 Å².